The number of hydrogen-bond donors (Lipinski definition) is 0. The van der Waals surface area contributed by atoms with Gasteiger partial charge in [-0.3, -0.25) is 9.13 Å². The molecule has 0 aliphatic rings. The van der Waals surface area contributed by atoms with Crippen LogP contribution in [-0.2, 0) is 6.54 Å². The number of unbranched alkanes of at least 4 members (excludes halogenated alkanes) is 1. The first-order chi connectivity index (χ1) is 13.9. The standard InChI is InChI=1S/C24H30N2O3/c1-6-28-22-11-7-8-12-23(22)29-14-10-9-13-25-20-15-18(4)19(5)16-21(20)26(17(2)3)24(25)27/h7-8,11-12,15-16H,2,6,9-10,13-14H2,1,3-5H3. The predicted octanol–water partition coefficient (Wildman–Crippen LogP) is 5.17. The van der Waals surface area contributed by atoms with Crippen LogP contribution in [-0.4, -0.2) is 22.3 Å². The summed E-state index contributed by atoms with van der Waals surface area (Å²) in [6.07, 6.45) is 1.69. The highest BCUT2D eigenvalue weighted by Crippen LogP contribution is 2.26. The van der Waals surface area contributed by atoms with Crippen molar-refractivity contribution in [2.75, 3.05) is 13.2 Å². The Balaban J connectivity index is 1.70. The van der Waals surface area contributed by atoms with Gasteiger partial charge in [0.2, 0.25) is 0 Å². The second-order valence-corrected chi connectivity index (χ2v) is 7.37. The first-order valence-electron chi connectivity index (χ1n) is 10.2. The number of hydrogen-bond acceptors (Lipinski definition) is 3. The van der Waals surface area contributed by atoms with Gasteiger partial charge in [-0.05, 0) is 75.9 Å². The van der Waals surface area contributed by atoms with Gasteiger partial charge >= 0.3 is 5.69 Å². The second kappa shape index (κ2) is 9.03. The highest BCUT2D eigenvalue weighted by molar-refractivity contribution is 5.81. The number of benzene rings is 2. The van der Waals surface area contributed by atoms with Crippen molar-refractivity contribution >= 4 is 16.7 Å². The van der Waals surface area contributed by atoms with Gasteiger partial charge in [0.05, 0.1) is 24.2 Å². The summed E-state index contributed by atoms with van der Waals surface area (Å²) in [6, 6.07) is 11.9. The topological polar surface area (TPSA) is 45.4 Å². The Morgan fingerprint density at radius 2 is 1.62 bits per heavy atom. The maximum atomic E-state index is 13.0. The summed E-state index contributed by atoms with van der Waals surface area (Å²) in [7, 11) is 0. The number of allylic oxidation sites excluding steroid dienone is 1. The van der Waals surface area contributed by atoms with Crippen molar-refractivity contribution in [3.8, 4) is 11.5 Å². The van der Waals surface area contributed by atoms with E-state index in [9.17, 15) is 4.79 Å². The maximum Gasteiger partial charge on any atom is 0.333 e. The molecule has 0 amide bonds. The van der Waals surface area contributed by atoms with Gasteiger partial charge in [0, 0.05) is 12.2 Å². The number of fused-ring (bicyclic) bond motifs is 1. The third-order valence-electron chi connectivity index (χ3n) is 5.11. The average molecular weight is 395 g/mol. The van der Waals surface area contributed by atoms with Crippen molar-refractivity contribution < 1.29 is 9.47 Å². The second-order valence-electron chi connectivity index (χ2n) is 7.37. The lowest BCUT2D eigenvalue weighted by molar-refractivity contribution is 0.269. The SMILES string of the molecule is C=C(C)n1c(=O)n(CCCCOc2ccccc2OCC)c2cc(C)c(C)cc21. The molecular formula is C24H30N2O3. The van der Waals surface area contributed by atoms with Crippen molar-refractivity contribution in [3.05, 3.63) is 64.6 Å². The normalized spacial score (nSPS) is 11.0. The van der Waals surface area contributed by atoms with Crippen LogP contribution >= 0.6 is 0 Å². The molecular weight excluding hydrogens is 364 g/mol. The molecule has 0 spiro atoms. The molecule has 5 nitrogen and oxygen atoms in total. The number of rotatable bonds is 9. The highest BCUT2D eigenvalue weighted by Gasteiger charge is 2.14. The van der Waals surface area contributed by atoms with Crippen LogP contribution in [0.5, 0.6) is 11.5 Å². The molecule has 2 aromatic carbocycles. The van der Waals surface area contributed by atoms with Crippen LogP contribution in [0.25, 0.3) is 16.7 Å². The molecule has 3 rings (SSSR count). The summed E-state index contributed by atoms with van der Waals surface area (Å²) in [5.74, 6) is 1.53. The minimum Gasteiger partial charge on any atom is -0.490 e. The van der Waals surface area contributed by atoms with E-state index < -0.39 is 0 Å². The van der Waals surface area contributed by atoms with Crippen LogP contribution < -0.4 is 15.2 Å². The molecule has 0 aliphatic heterocycles. The summed E-state index contributed by atoms with van der Waals surface area (Å²) in [5.41, 5.74) is 4.95. The quantitative estimate of drug-likeness (QED) is 0.471. The minimum atomic E-state index is -0.0277. The summed E-state index contributed by atoms with van der Waals surface area (Å²) in [5, 5.41) is 0. The van der Waals surface area contributed by atoms with E-state index in [4.69, 9.17) is 9.47 Å². The smallest absolute Gasteiger partial charge is 0.333 e. The van der Waals surface area contributed by atoms with Crippen LogP contribution in [0.2, 0.25) is 0 Å². The van der Waals surface area contributed by atoms with E-state index in [1.807, 2.05) is 42.7 Å². The molecule has 0 unspecified atom stereocenters. The van der Waals surface area contributed by atoms with Gasteiger partial charge < -0.3 is 9.47 Å². The van der Waals surface area contributed by atoms with Crippen LogP contribution in [0, 0.1) is 13.8 Å². The van der Waals surface area contributed by atoms with E-state index in [2.05, 4.69) is 32.6 Å². The van der Waals surface area contributed by atoms with Gasteiger partial charge in [0.15, 0.2) is 11.5 Å². The molecule has 0 N–H and O–H groups in total. The average Bonchev–Trinajstić information content (AvgIpc) is 2.94. The number of imidazole rings is 1. The fourth-order valence-electron chi connectivity index (χ4n) is 3.49. The Bertz CT molecular complexity index is 1080. The number of nitrogens with zero attached hydrogens (tertiary/aromatic N) is 2. The zero-order chi connectivity index (χ0) is 21.0. The molecule has 0 saturated heterocycles. The van der Waals surface area contributed by atoms with E-state index >= 15 is 0 Å². The van der Waals surface area contributed by atoms with E-state index in [-0.39, 0.29) is 5.69 Å². The lowest BCUT2D eigenvalue weighted by atomic mass is 10.1. The Morgan fingerprint density at radius 3 is 2.24 bits per heavy atom. The molecule has 1 heterocycles. The molecule has 3 aromatic rings. The van der Waals surface area contributed by atoms with Crippen molar-refractivity contribution in [3.63, 3.8) is 0 Å². The molecule has 154 valence electrons. The monoisotopic (exact) mass is 394 g/mol. The highest BCUT2D eigenvalue weighted by atomic mass is 16.5. The Morgan fingerprint density at radius 1 is 1.00 bits per heavy atom. The number of ether oxygens (including phenoxy) is 2. The first kappa shape index (κ1) is 20.8. The molecule has 1 aromatic heterocycles. The Labute approximate surface area is 172 Å². The summed E-state index contributed by atoms with van der Waals surface area (Å²) in [4.78, 5) is 13.0. The predicted molar refractivity (Wildman–Crippen MR) is 119 cm³/mol. The third-order valence-corrected chi connectivity index (χ3v) is 5.11. The number of aromatic nitrogens is 2. The molecule has 29 heavy (non-hydrogen) atoms. The first-order valence-corrected chi connectivity index (χ1v) is 10.2. The van der Waals surface area contributed by atoms with E-state index in [0.29, 0.717) is 19.8 Å². The molecule has 0 radical (unpaired) electrons. The number of aryl methyl sites for hydroxylation is 3. The summed E-state index contributed by atoms with van der Waals surface area (Å²) in [6.45, 7) is 13.8. The van der Waals surface area contributed by atoms with E-state index in [0.717, 1.165) is 41.1 Å². The molecule has 0 bridgehead atoms. The van der Waals surface area contributed by atoms with Crippen molar-refractivity contribution in [1.29, 1.82) is 0 Å². The third kappa shape index (κ3) is 4.39. The van der Waals surface area contributed by atoms with Crippen LogP contribution in [0.1, 0.15) is 37.8 Å². The lowest BCUT2D eigenvalue weighted by Gasteiger charge is -2.11. The van der Waals surface area contributed by atoms with Crippen LogP contribution in [0.4, 0.5) is 0 Å². The Hall–Kier alpha value is -2.95. The summed E-state index contributed by atoms with van der Waals surface area (Å²) >= 11 is 0. The fourth-order valence-corrected chi connectivity index (χ4v) is 3.49. The van der Waals surface area contributed by atoms with E-state index in [1.54, 1.807) is 4.57 Å². The van der Waals surface area contributed by atoms with Crippen LogP contribution in [0.15, 0.2) is 47.8 Å². The maximum absolute atomic E-state index is 13.0. The summed E-state index contributed by atoms with van der Waals surface area (Å²) < 4.78 is 15.0. The number of para-hydroxylation sites is 2. The van der Waals surface area contributed by atoms with Gasteiger partial charge in [0.1, 0.15) is 0 Å². The fraction of sp³-hybridized carbons (Fsp3) is 0.375. The lowest BCUT2D eigenvalue weighted by Crippen LogP contribution is -2.23. The van der Waals surface area contributed by atoms with Crippen molar-refractivity contribution in [2.45, 2.75) is 47.1 Å². The van der Waals surface area contributed by atoms with Gasteiger partial charge in [-0.25, -0.2) is 4.79 Å². The zero-order valence-electron chi connectivity index (χ0n) is 17.8. The van der Waals surface area contributed by atoms with Crippen molar-refractivity contribution in [1.82, 2.24) is 9.13 Å². The molecule has 0 atom stereocenters. The minimum absolute atomic E-state index is 0.0277. The largest absolute Gasteiger partial charge is 0.490 e. The van der Waals surface area contributed by atoms with E-state index in [1.165, 1.54) is 11.1 Å². The van der Waals surface area contributed by atoms with Crippen LogP contribution in [0.3, 0.4) is 0 Å². The molecule has 5 heteroatoms. The molecule has 0 fully saturated rings. The van der Waals surface area contributed by atoms with Crippen molar-refractivity contribution in [2.24, 2.45) is 0 Å². The van der Waals surface area contributed by atoms with Gasteiger partial charge in [-0.15, -0.1) is 0 Å². The zero-order valence-corrected chi connectivity index (χ0v) is 17.8. The van der Waals surface area contributed by atoms with Gasteiger partial charge in [0.25, 0.3) is 0 Å². The molecule has 0 aliphatic carbocycles. The molecule has 0 saturated carbocycles. The van der Waals surface area contributed by atoms with Gasteiger partial charge in [-0.1, -0.05) is 18.7 Å². The Kier molecular flexibility index (Phi) is 6.47. The van der Waals surface area contributed by atoms with Gasteiger partial charge in [-0.2, -0.15) is 0 Å².